The zero-order valence-electron chi connectivity index (χ0n) is 8.24. The van der Waals surface area contributed by atoms with Crippen LogP contribution in [0, 0.1) is 0 Å². The highest BCUT2D eigenvalue weighted by molar-refractivity contribution is 5.11. The van der Waals surface area contributed by atoms with E-state index >= 15 is 0 Å². The topological polar surface area (TPSA) is 38.0 Å². The molecule has 14 heavy (non-hydrogen) atoms. The van der Waals surface area contributed by atoms with Gasteiger partial charge in [0.25, 0.3) is 6.43 Å². The van der Waals surface area contributed by atoms with Crippen molar-refractivity contribution in [2.45, 2.75) is 32.3 Å². The van der Waals surface area contributed by atoms with Crippen molar-refractivity contribution in [2.24, 2.45) is 7.05 Å². The third kappa shape index (κ3) is 2.51. The normalized spacial score (nSPS) is 13.6. The smallest absolute Gasteiger partial charge is 0.264 e. The summed E-state index contributed by atoms with van der Waals surface area (Å²) in [4.78, 5) is 0. The number of halogens is 2. The lowest BCUT2D eigenvalue weighted by molar-refractivity contribution is -0.00459. The van der Waals surface area contributed by atoms with Crippen LogP contribution in [0.25, 0.3) is 0 Å². The maximum absolute atomic E-state index is 12.1. The molecule has 0 bridgehead atoms. The molecule has 0 radical (unpaired) electrons. The number of aliphatic hydroxyl groups excluding tert-OH is 1. The van der Waals surface area contributed by atoms with Gasteiger partial charge in [0, 0.05) is 19.2 Å². The second kappa shape index (κ2) is 4.50. The molecule has 1 N–H and O–H groups in total. The van der Waals surface area contributed by atoms with Crippen LogP contribution < -0.4 is 0 Å². The highest BCUT2D eigenvalue weighted by Crippen LogP contribution is 2.10. The summed E-state index contributed by atoms with van der Waals surface area (Å²) < 4.78 is 25.6. The zero-order valence-corrected chi connectivity index (χ0v) is 8.24. The fraction of sp³-hybridized carbons (Fsp3) is 0.667. The van der Waals surface area contributed by atoms with Gasteiger partial charge < -0.3 is 5.11 Å². The highest BCUT2D eigenvalue weighted by Gasteiger charge is 2.19. The molecule has 1 unspecified atom stereocenters. The first-order valence-electron chi connectivity index (χ1n) is 4.52. The number of aromatic nitrogens is 2. The Morgan fingerprint density at radius 3 is 2.64 bits per heavy atom. The third-order valence-electron chi connectivity index (χ3n) is 2.10. The molecule has 0 fully saturated rings. The standard InChI is InChI=1S/C9H14F2N2O/c1-3-6-4-7(13(2)12-6)5-8(14)9(10)11/h4,8-9,14H,3,5H2,1-2H3. The van der Waals surface area contributed by atoms with Crippen LogP contribution >= 0.6 is 0 Å². The van der Waals surface area contributed by atoms with Crippen molar-refractivity contribution in [1.82, 2.24) is 9.78 Å². The van der Waals surface area contributed by atoms with Gasteiger partial charge in [0.2, 0.25) is 0 Å². The quantitative estimate of drug-likeness (QED) is 0.799. The molecule has 0 spiro atoms. The maximum Gasteiger partial charge on any atom is 0.264 e. The van der Waals surface area contributed by atoms with Gasteiger partial charge >= 0.3 is 0 Å². The van der Waals surface area contributed by atoms with Gasteiger partial charge in [-0.1, -0.05) is 6.92 Å². The summed E-state index contributed by atoms with van der Waals surface area (Å²) >= 11 is 0. The minimum Gasteiger partial charge on any atom is -0.387 e. The molecule has 0 aliphatic rings. The van der Waals surface area contributed by atoms with Gasteiger partial charge in [-0.15, -0.1) is 0 Å². The van der Waals surface area contributed by atoms with E-state index in [1.54, 1.807) is 13.1 Å². The number of hydrogen-bond donors (Lipinski definition) is 1. The predicted molar refractivity (Wildman–Crippen MR) is 48.3 cm³/mol. The fourth-order valence-corrected chi connectivity index (χ4v) is 1.24. The maximum atomic E-state index is 12.1. The van der Waals surface area contributed by atoms with Crippen LogP contribution in [0.1, 0.15) is 18.3 Å². The first kappa shape index (κ1) is 11.1. The number of aliphatic hydroxyl groups is 1. The predicted octanol–water partition coefficient (Wildman–Crippen LogP) is 1.15. The van der Waals surface area contributed by atoms with E-state index in [0.717, 1.165) is 12.1 Å². The molecule has 0 amide bonds. The van der Waals surface area contributed by atoms with E-state index in [9.17, 15) is 8.78 Å². The summed E-state index contributed by atoms with van der Waals surface area (Å²) in [6, 6.07) is 1.74. The van der Waals surface area contributed by atoms with Gasteiger partial charge in [0.1, 0.15) is 6.10 Å². The van der Waals surface area contributed by atoms with Crippen molar-refractivity contribution < 1.29 is 13.9 Å². The average Bonchev–Trinajstić information content (AvgIpc) is 2.47. The molecule has 1 heterocycles. The minimum absolute atomic E-state index is 0.0544. The van der Waals surface area contributed by atoms with Gasteiger partial charge in [-0.3, -0.25) is 4.68 Å². The first-order valence-corrected chi connectivity index (χ1v) is 4.52. The van der Waals surface area contributed by atoms with Gasteiger partial charge in [-0.2, -0.15) is 5.10 Å². The average molecular weight is 204 g/mol. The monoisotopic (exact) mass is 204 g/mol. The van der Waals surface area contributed by atoms with E-state index < -0.39 is 12.5 Å². The Hall–Kier alpha value is -0.970. The van der Waals surface area contributed by atoms with Crippen molar-refractivity contribution in [1.29, 1.82) is 0 Å². The zero-order chi connectivity index (χ0) is 10.7. The largest absolute Gasteiger partial charge is 0.387 e. The Morgan fingerprint density at radius 1 is 1.57 bits per heavy atom. The molecule has 1 rings (SSSR count). The Morgan fingerprint density at radius 2 is 2.21 bits per heavy atom. The third-order valence-corrected chi connectivity index (χ3v) is 2.10. The van der Waals surface area contributed by atoms with Crippen LogP contribution in [-0.4, -0.2) is 27.4 Å². The number of hydrogen-bond acceptors (Lipinski definition) is 2. The summed E-state index contributed by atoms with van der Waals surface area (Å²) in [7, 11) is 1.69. The minimum atomic E-state index is -2.70. The Kier molecular flexibility index (Phi) is 3.57. The van der Waals surface area contributed by atoms with Crippen molar-refractivity contribution in [3.8, 4) is 0 Å². The highest BCUT2D eigenvalue weighted by atomic mass is 19.3. The second-order valence-corrected chi connectivity index (χ2v) is 3.21. The Balaban J connectivity index is 2.71. The van der Waals surface area contributed by atoms with Gasteiger partial charge in [0.15, 0.2) is 0 Å². The lowest BCUT2D eigenvalue weighted by atomic mass is 10.2. The second-order valence-electron chi connectivity index (χ2n) is 3.21. The number of alkyl halides is 2. The molecule has 1 aromatic heterocycles. The fourth-order valence-electron chi connectivity index (χ4n) is 1.24. The first-order chi connectivity index (χ1) is 6.54. The Labute approximate surface area is 81.4 Å². The van der Waals surface area contributed by atoms with Crippen molar-refractivity contribution in [3.63, 3.8) is 0 Å². The molecular formula is C9H14F2N2O. The molecule has 1 atom stereocenters. The van der Waals surface area contributed by atoms with Crippen molar-refractivity contribution in [2.75, 3.05) is 0 Å². The molecule has 0 saturated carbocycles. The van der Waals surface area contributed by atoms with Crippen LogP contribution in [0.5, 0.6) is 0 Å². The molecule has 1 aromatic rings. The van der Waals surface area contributed by atoms with Crippen LogP contribution in [0.3, 0.4) is 0 Å². The molecular weight excluding hydrogens is 190 g/mol. The number of nitrogens with zero attached hydrogens (tertiary/aromatic N) is 2. The molecule has 5 heteroatoms. The molecule has 3 nitrogen and oxygen atoms in total. The number of rotatable bonds is 4. The summed E-state index contributed by atoms with van der Waals surface area (Å²) in [5, 5.41) is 13.1. The van der Waals surface area contributed by atoms with Gasteiger partial charge in [-0.25, -0.2) is 8.78 Å². The lowest BCUT2D eigenvalue weighted by Gasteiger charge is -2.08. The summed E-state index contributed by atoms with van der Waals surface area (Å²) in [6.45, 7) is 1.94. The van der Waals surface area contributed by atoms with Crippen LogP contribution in [0.15, 0.2) is 6.07 Å². The van der Waals surface area contributed by atoms with Crippen LogP contribution in [0.2, 0.25) is 0 Å². The summed E-state index contributed by atoms with van der Waals surface area (Å²) in [5.41, 5.74) is 1.48. The van der Waals surface area contributed by atoms with E-state index in [1.165, 1.54) is 4.68 Å². The summed E-state index contributed by atoms with van der Waals surface area (Å²) in [5.74, 6) is 0. The Bertz CT molecular complexity index is 299. The van der Waals surface area contributed by atoms with Crippen LogP contribution in [-0.2, 0) is 19.9 Å². The molecule has 0 aliphatic heterocycles. The molecule has 0 aromatic carbocycles. The van der Waals surface area contributed by atoms with Gasteiger partial charge in [0.05, 0.1) is 5.69 Å². The van der Waals surface area contributed by atoms with Crippen molar-refractivity contribution >= 4 is 0 Å². The van der Waals surface area contributed by atoms with E-state index in [0.29, 0.717) is 5.69 Å². The lowest BCUT2D eigenvalue weighted by Crippen LogP contribution is -2.21. The SMILES string of the molecule is CCc1cc(CC(O)C(F)F)n(C)n1. The van der Waals surface area contributed by atoms with Crippen LogP contribution in [0.4, 0.5) is 8.78 Å². The number of aryl methyl sites for hydroxylation is 2. The molecule has 0 saturated heterocycles. The van der Waals surface area contributed by atoms with E-state index in [4.69, 9.17) is 5.11 Å². The summed E-state index contributed by atoms with van der Waals surface area (Å²) in [6.07, 6.45) is -3.59. The van der Waals surface area contributed by atoms with Gasteiger partial charge in [-0.05, 0) is 12.5 Å². The van der Waals surface area contributed by atoms with E-state index in [1.807, 2.05) is 6.92 Å². The van der Waals surface area contributed by atoms with Crippen molar-refractivity contribution in [3.05, 3.63) is 17.5 Å². The molecule has 0 aliphatic carbocycles. The van der Waals surface area contributed by atoms with E-state index in [-0.39, 0.29) is 6.42 Å². The van der Waals surface area contributed by atoms with E-state index in [2.05, 4.69) is 5.10 Å². The molecule has 80 valence electrons.